The highest BCUT2D eigenvalue weighted by Gasteiger charge is 1.98. The van der Waals surface area contributed by atoms with Crippen LogP contribution < -0.4 is 5.73 Å². The van der Waals surface area contributed by atoms with Gasteiger partial charge in [0.1, 0.15) is 0 Å². The Balaban J connectivity index is 2.84. The molecule has 0 heterocycles. The molecule has 0 bridgehead atoms. The SMILES string of the molecule is N#CCCc1cc(N)ccc1S. The molecule has 0 unspecified atom stereocenters. The Morgan fingerprint density at radius 2 is 2.25 bits per heavy atom. The molecule has 2 nitrogen and oxygen atoms in total. The summed E-state index contributed by atoms with van der Waals surface area (Å²) in [5.41, 5.74) is 7.35. The summed E-state index contributed by atoms with van der Waals surface area (Å²) in [6.07, 6.45) is 1.23. The van der Waals surface area contributed by atoms with Gasteiger partial charge in [-0.1, -0.05) is 0 Å². The van der Waals surface area contributed by atoms with Gasteiger partial charge in [-0.15, -0.1) is 12.6 Å². The number of benzene rings is 1. The van der Waals surface area contributed by atoms with Crippen LogP contribution in [-0.2, 0) is 6.42 Å². The lowest BCUT2D eigenvalue weighted by Gasteiger charge is -2.02. The van der Waals surface area contributed by atoms with E-state index in [1.54, 1.807) is 6.07 Å². The summed E-state index contributed by atoms with van der Waals surface area (Å²) in [7, 11) is 0. The van der Waals surface area contributed by atoms with E-state index in [9.17, 15) is 0 Å². The number of nitrogens with zero attached hydrogens (tertiary/aromatic N) is 1. The number of anilines is 1. The molecule has 1 rings (SSSR count). The molecular formula is C9H10N2S. The van der Waals surface area contributed by atoms with Crippen LogP contribution in [0, 0.1) is 11.3 Å². The van der Waals surface area contributed by atoms with Crippen molar-refractivity contribution in [3.63, 3.8) is 0 Å². The second kappa shape index (κ2) is 4.03. The monoisotopic (exact) mass is 178 g/mol. The van der Waals surface area contributed by atoms with Crippen molar-refractivity contribution in [1.82, 2.24) is 0 Å². The summed E-state index contributed by atoms with van der Waals surface area (Å²) in [5, 5.41) is 8.38. The molecule has 0 spiro atoms. The Hall–Kier alpha value is -1.14. The van der Waals surface area contributed by atoms with Crippen LogP contribution in [0.15, 0.2) is 23.1 Å². The number of nitriles is 1. The molecule has 0 saturated carbocycles. The molecule has 0 aliphatic carbocycles. The largest absolute Gasteiger partial charge is 0.399 e. The van der Waals surface area contributed by atoms with E-state index in [0.29, 0.717) is 6.42 Å². The summed E-state index contributed by atoms with van der Waals surface area (Å²) in [4.78, 5) is 0.902. The molecule has 0 aliphatic heterocycles. The second-order valence-corrected chi connectivity index (χ2v) is 3.03. The Bertz CT molecular complexity index is 315. The van der Waals surface area contributed by atoms with Crippen molar-refractivity contribution in [1.29, 1.82) is 5.26 Å². The Kier molecular flexibility index (Phi) is 3.01. The van der Waals surface area contributed by atoms with E-state index >= 15 is 0 Å². The highest BCUT2D eigenvalue weighted by molar-refractivity contribution is 7.80. The molecule has 1 aromatic rings. The molecule has 0 atom stereocenters. The standard InChI is InChI=1S/C9H10N2S/c10-5-1-2-7-6-8(11)3-4-9(7)12/h3-4,6,12H,1-2,11H2. The zero-order valence-electron chi connectivity index (χ0n) is 6.62. The van der Waals surface area contributed by atoms with E-state index < -0.39 is 0 Å². The lowest BCUT2D eigenvalue weighted by molar-refractivity contribution is 0.981. The van der Waals surface area contributed by atoms with Gasteiger partial charge >= 0.3 is 0 Å². The summed E-state index contributed by atoms with van der Waals surface area (Å²) in [5.74, 6) is 0. The average Bonchev–Trinajstić information content (AvgIpc) is 2.07. The van der Waals surface area contributed by atoms with Crippen LogP contribution >= 0.6 is 12.6 Å². The molecule has 0 aromatic heterocycles. The Morgan fingerprint density at radius 3 is 2.92 bits per heavy atom. The van der Waals surface area contributed by atoms with E-state index in [0.717, 1.165) is 22.6 Å². The molecule has 0 radical (unpaired) electrons. The van der Waals surface area contributed by atoms with E-state index in [1.807, 2.05) is 12.1 Å². The molecule has 3 heteroatoms. The minimum Gasteiger partial charge on any atom is -0.399 e. The van der Waals surface area contributed by atoms with Crippen LogP contribution in [0.5, 0.6) is 0 Å². The maximum Gasteiger partial charge on any atom is 0.0625 e. The van der Waals surface area contributed by atoms with Crippen molar-refractivity contribution in [2.24, 2.45) is 0 Å². The van der Waals surface area contributed by atoms with Crippen LogP contribution in [0.25, 0.3) is 0 Å². The van der Waals surface area contributed by atoms with Crippen molar-refractivity contribution >= 4 is 18.3 Å². The fourth-order valence-electron chi connectivity index (χ4n) is 0.996. The summed E-state index contributed by atoms with van der Waals surface area (Å²) < 4.78 is 0. The highest BCUT2D eigenvalue weighted by atomic mass is 32.1. The van der Waals surface area contributed by atoms with Gasteiger partial charge in [0.2, 0.25) is 0 Å². The number of nitrogens with two attached hydrogens (primary N) is 1. The zero-order chi connectivity index (χ0) is 8.97. The first-order valence-corrected chi connectivity index (χ1v) is 4.13. The lowest BCUT2D eigenvalue weighted by Crippen LogP contribution is -1.90. The van der Waals surface area contributed by atoms with Crippen LogP contribution in [0.2, 0.25) is 0 Å². The average molecular weight is 178 g/mol. The van der Waals surface area contributed by atoms with Crippen molar-refractivity contribution in [2.75, 3.05) is 5.73 Å². The first-order chi connectivity index (χ1) is 5.74. The zero-order valence-corrected chi connectivity index (χ0v) is 7.51. The normalized spacial score (nSPS) is 9.33. The molecule has 2 N–H and O–H groups in total. The van der Waals surface area contributed by atoms with Crippen molar-refractivity contribution in [3.05, 3.63) is 23.8 Å². The van der Waals surface area contributed by atoms with Gasteiger partial charge in [-0.3, -0.25) is 0 Å². The van der Waals surface area contributed by atoms with E-state index in [2.05, 4.69) is 18.7 Å². The number of rotatable bonds is 2. The minimum absolute atomic E-state index is 0.511. The first kappa shape index (κ1) is 8.95. The molecule has 0 amide bonds. The predicted molar refractivity (Wildman–Crippen MR) is 52.0 cm³/mol. The van der Waals surface area contributed by atoms with Crippen LogP contribution in [-0.4, -0.2) is 0 Å². The first-order valence-electron chi connectivity index (χ1n) is 3.68. The Morgan fingerprint density at radius 1 is 1.50 bits per heavy atom. The van der Waals surface area contributed by atoms with Crippen molar-refractivity contribution in [3.8, 4) is 6.07 Å². The van der Waals surface area contributed by atoms with Gasteiger partial charge < -0.3 is 5.73 Å². The third-order valence-corrected chi connectivity index (χ3v) is 2.05. The fourth-order valence-corrected chi connectivity index (χ4v) is 1.25. The summed E-state index contributed by atoms with van der Waals surface area (Å²) in [6, 6.07) is 7.60. The van der Waals surface area contributed by atoms with Crippen molar-refractivity contribution < 1.29 is 0 Å². The molecule has 62 valence electrons. The maximum absolute atomic E-state index is 8.38. The Labute approximate surface area is 77.4 Å². The van der Waals surface area contributed by atoms with E-state index in [4.69, 9.17) is 11.0 Å². The van der Waals surface area contributed by atoms with Gasteiger partial charge in [-0.2, -0.15) is 5.26 Å². The number of hydrogen-bond acceptors (Lipinski definition) is 3. The second-order valence-electron chi connectivity index (χ2n) is 2.55. The molecule has 0 fully saturated rings. The van der Waals surface area contributed by atoms with Gasteiger partial charge in [0, 0.05) is 17.0 Å². The molecule has 0 saturated heterocycles. The predicted octanol–water partition coefficient (Wildman–Crippen LogP) is 2.01. The molecule has 1 aromatic carbocycles. The molecule has 12 heavy (non-hydrogen) atoms. The van der Waals surface area contributed by atoms with Gasteiger partial charge in [0.15, 0.2) is 0 Å². The number of nitrogen functional groups attached to an aromatic ring is 1. The van der Waals surface area contributed by atoms with Gasteiger partial charge in [0.05, 0.1) is 6.07 Å². The van der Waals surface area contributed by atoms with Gasteiger partial charge in [0.25, 0.3) is 0 Å². The smallest absolute Gasteiger partial charge is 0.0625 e. The molecule has 0 aliphatic rings. The number of hydrogen-bond donors (Lipinski definition) is 2. The van der Waals surface area contributed by atoms with Crippen molar-refractivity contribution in [2.45, 2.75) is 17.7 Å². The van der Waals surface area contributed by atoms with E-state index in [-0.39, 0.29) is 0 Å². The van der Waals surface area contributed by atoms with Crippen LogP contribution in [0.3, 0.4) is 0 Å². The third kappa shape index (κ3) is 2.18. The summed E-state index contributed by atoms with van der Waals surface area (Å²) in [6.45, 7) is 0. The van der Waals surface area contributed by atoms with Crippen LogP contribution in [0.4, 0.5) is 5.69 Å². The topological polar surface area (TPSA) is 49.8 Å². The fraction of sp³-hybridized carbons (Fsp3) is 0.222. The van der Waals surface area contributed by atoms with E-state index in [1.165, 1.54) is 0 Å². The quantitative estimate of drug-likeness (QED) is 0.537. The number of aryl methyl sites for hydroxylation is 1. The molecular weight excluding hydrogens is 168 g/mol. The van der Waals surface area contributed by atoms with Gasteiger partial charge in [-0.05, 0) is 30.2 Å². The van der Waals surface area contributed by atoms with Gasteiger partial charge in [-0.25, -0.2) is 0 Å². The highest BCUT2D eigenvalue weighted by Crippen LogP contribution is 2.18. The maximum atomic E-state index is 8.38. The third-order valence-electron chi connectivity index (χ3n) is 1.61. The summed E-state index contributed by atoms with van der Waals surface area (Å²) >= 11 is 4.25. The lowest BCUT2D eigenvalue weighted by atomic mass is 10.1. The minimum atomic E-state index is 0.511. The number of thiol groups is 1. The van der Waals surface area contributed by atoms with Crippen LogP contribution in [0.1, 0.15) is 12.0 Å².